The monoisotopic (exact) mass is 352 g/mol. The van der Waals surface area contributed by atoms with E-state index < -0.39 is 11.8 Å². The maximum Gasteiger partial charge on any atom is 0.251 e. The van der Waals surface area contributed by atoms with Gasteiger partial charge in [-0.25, -0.2) is 0 Å². The first-order valence-corrected chi connectivity index (χ1v) is 7.94. The number of ketones is 1. The Kier molecular flexibility index (Phi) is 6.27. The summed E-state index contributed by atoms with van der Waals surface area (Å²) in [6.07, 6.45) is 1.22. The molecule has 0 atom stereocenters. The highest BCUT2D eigenvalue weighted by Gasteiger charge is 2.08. The van der Waals surface area contributed by atoms with Gasteiger partial charge in [-0.2, -0.15) is 0 Å². The van der Waals surface area contributed by atoms with Crippen molar-refractivity contribution in [1.82, 2.24) is 0 Å². The summed E-state index contributed by atoms with van der Waals surface area (Å²) >= 11 is 0. The summed E-state index contributed by atoms with van der Waals surface area (Å²) < 4.78 is 5.09. The molecule has 0 bridgehead atoms. The molecular weight excluding hydrogens is 332 g/mol. The van der Waals surface area contributed by atoms with Gasteiger partial charge in [0.2, 0.25) is 5.91 Å². The van der Waals surface area contributed by atoms with E-state index in [1.54, 1.807) is 55.5 Å². The molecule has 0 spiro atoms. The molecule has 0 saturated heterocycles. The molecule has 134 valence electrons. The van der Waals surface area contributed by atoms with Gasteiger partial charge in [0, 0.05) is 34.7 Å². The van der Waals surface area contributed by atoms with Crippen LogP contribution in [0, 0.1) is 0 Å². The van der Waals surface area contributed by atoms with E-state index in [4.69, 9.17) is 4.74 Å². The Labute approximate surface area is 151 Å². The Balaban J connectivity index is 1.99. The average Bonchev–Trinajstić information content (AvgIpc) is 2.62. The minimum Gasteiger partial charge on any atom is -0.497 e. The van der Waals surface area contributed by atoms with Crippen LogP contribution in [-0.2, 0) is 9.59 Å². The zero-order valence-corrected chi connectivity index (χ0v) is 14.8. The van der Waals surface area contributed by atoms with Crippen LogP contribution in [-0.4, -0.2) is 24.7 Å². The summed E-state index contributed by atoms with van der Waals surface area (Å²) in [7, 11) is 1.54. The fourth-order valence-electron chi connectivity index (χ4n) is 2.16. The number of benzene rings is 2. The molecule has 0 aliphatic rings. The number of anilines is 2. The molecule has 0 saturated carbocycles. The van der Waals surface area contributed by atoms with Crippen LogP contribution in [0.4, 0.5) is 11.4 Å². The Morgan fingerprint density at radius 3 is 2.23 bits per heavy atom. The number of carbonyl (C=O) groups is 3. The standard InChI is InChI=1S/C20H20N2O4/c1-13(11-19(24)21-17-5-4-6-18(12-17)26-3)20(25)22-16-9-7-15(8-10-16)14(2)23/h4-12H,1-3H3,(H,21,24)(H,22,25)/b13-11-. The van der Waals surface area contributed by atoms with Crippen molar-refractivity contribution >= 4 is 29.0 Å². The van der Waals surface area contributed by atoms with Gasteiger partial charge in [0.15, 0.2) is 5.78 Å². The second-order valence-electron chi connectivity index (χ2n) is 5.64. The lowest BCUT2D eigenvalue weighted by Gasteiger charge is -2.07. The zero-order chi connectivity index (χ0) is 19.1. The van der Waals surface area contributed by atoms with Gasteiger partial charge >= 0.3 is 0 Å². The zero-order valence-electron chi connectivity index (χ0n) is 14.8. The van der Waals surface area contributed by atoms with Crippen LogP contribution in [0.15, 0.2) is 60.2 Å². The third-order valence-corrected chi connectivity index (χ3v) is 3.59. The van der Waals surface area contributed by atoms with E-state index >= 15 is 0 Å². The number of carbonyl (C=O) groups excluding carboxylic acids is 3. The molecule has 0 aliphatic carbocycles. The van der Waals surface area contributed by atoms with Gasteiger partial charge in [0.25, 0.3) is 5.91 Å². The van der Waals surface area contributed by atoms with Crippen molar-refractivity contribution in [1.29, 1.82) is 0 Å². The maximum absolute atomic E-state index is 12.2. The summed E-state index contributed by atoms with van der Waals surface area (Å²) in [6.45, 7) is 3.02. The molecule has 0 aliphatic heterocycles. The molecular formula is C20H20N2O4. The molecule has 6 heteroatoms. The molecule has 0 aromatic heterocycles. The predicted octanol–water partition coefficient (Wildman–Crippen LogP) is 3.42. The van der Waals surface area contributed by atoms with E-state index in [2.05, 4.69) is 10.6 Å². The van der Waals surface area contributed by atoms with E-state index in [1.165, 1.54) is 20.1 Å². The Morgan fingerprint density at radius 2 is 1.62 bits per heavy atom. The molecule has 2 aromatic carbocycles. The van der Waals surface area contributed by atoms with Crippen molar-refractivity contribution < 1.29 is 19.1 Å². The summed E-state index contributed by atoms with van der Waals surface area (Å²) in [6, 6.07) is 13.5. The van der Waals surface area contributed by atoms with Crippen molar-refractivity contribution in [3.63, 3.8) is 0 Å². The van der Waals surface area contributed by atoms with Crippen molar-refractivity contribution in [2.45, 2.75) is 13.8 Å². The van der Waals surface area contributed by atoms with Crippen molar-refractivity contribution in [2.24, 2.45) is 0 Å². The number of ether oxygens (including phenoxy) is 1. The summed E-state index contributed by atoms with van der Waals surface area (Å²) in [5.74, 6) is -0.248. The third-order valence-electron chi connectivity index (χ3n) is 3.59. The quantitative estimate of drug-likeness (QED) is 0.616. The van der Waals surface area contributed by atoms with Gasteiger partial charge < -0.3 is 15.4 Å². The summed E-state index contributed by atoms with van der Waals surface area (Å²) in [4.78, 5) is 35.5. The van der Waals surface area contributed by atoms with Crippen LogP contribution in [0.3, 0.4) is 0 Å². The molecule has 0 unspecified atom stereocenters. The number of Topliss-reactive ketones (excluding diaryl/α,β-unsaturated/α-hetero) is 1. The lowest BCUT2D eigenvalue weighted by Crippen LogP contribution is -2.16. The largest absolute Gasteiger partial charge is 0.497 e. The number of hydrogen-bond donors (Lipinski definition) is 2. The molecule has 0 radical (unpaired) electrons. The van der Waals surface area contributed by atoms with Gasteiger partial charge in [-0.05, 0) is 50.2 Å². The van der Waals surface area contributed by atoms with E-state index in [0.717, 1.165) is 0 Å². The third kappa shape index (κ3) is 5.31. The predicted molar refractivity (Wildman–Crippen MR) is 100 cm³/mol. The smallest absolute Gasteiger partial charge is 0.251 e. The fourth-order valence-corrected chi connectivity index (χ4v) is 2.16. The fraction of sp³-hybridized carbons (Fsp3) is 0.150. The highest BCUT2D eigenvalue weighted by molar-refractivity contribution is 6.10. The van der Waals surface area contributed by atoms with Crippen molar-refractivity contribution in [3.05, 3.63) is 65.7 Å². The molecule has 0 heterocycles. The maximum atomic E-state index is 12.2. The topological polar surface area (TPSA) is 84.5 Å². The lowest BCUT2D eigenvalue weighted by atomic mass is 10.1. The summed E-state index contributed by atoms with van der Waals surface area (Å²) in [5, 5.41) is 5.35. The average molecular weight is 352 g/mol. The van der Waals surface area contributed by atoms with E-state index in [0.29, 0.717) is 22.7 Å². The minimum atomic E-state index is -0.419. The Bertz CT molecular complexity index is 854. The molecule has 0 fully saturated rings. The van der Waals surface area contributed by atoms with E-state index in [9.17, 15) is 14.4 Å². The minimum absolute atomic E-state index is 0.0480. The van der Waals surface area contributed by atoms with Crippen LogP contribution in [0.25, 0.3) is 0 Å². The Hall–Kier alpha value is -3.41. The van der Waals surface area contributed by atoms with Crippen LogP contribution in [0.1, 0.15) is 24.2 Å². The van der Waals surface area contributed by atoms with E-state index in [-0.39, 0.29) is 11.4 Å². The van der Waals surface area contributed by atoms with Crippen LogP contribution in [0.5, 0.6) is 5.75 Å². The number of hydrogen-bond acceptors (Lipinski definition) is 4. The SMILES string of the molecule is COc1cccc(NC(=O)/C=C(/C)C(=O)Nc2ccc(C(C)=O)cc2)c1. The lowest BCUT2D eigenvalue weighted by molar-refractivity contribution is -0.114. The van der Waals surface area contributed by atoms with Crippen molar-refractivity contribution in [3.8, 4) is 5.75 Å². The number of rotatable bonds is 6. The summed E-state index contributed by atoms with van der Waals surface area (Å²) in [5.41, 5.74) is 1.92. The normalized spacial score (nSPS) is 10.8. The van der Waals surface area contributed by atoms with Crippen LogP contribution < -0.4 is 15.4 Å². The molecule has 6 nitrogen and oxygen atoms in total. The highest BCUT2D eigenvalue weighted by atomic mass is 16.5. The van der Waals surface area contributed by atoms with Gasteiger partial charge in [-0.1, -0.05) is 6.07 Å². The van der Waals surface area contributed by atoms with Gasteiger partial charge in [0.05, 0.1) is 7.11 Å². The number of nitrogens with one attached hydrogen (secondary N) is 2. The molecule has 2 N–H and O–H groups in total. The van der Waals surface area contributed by atoms with Gasteiger partial charge in [-0.3, -0.25) is 14.4 Å². The second kappa shape index (κ2) is 8.62. The molecule has 26 heavy (non-hydrogen) atoms. The van der Waals surface area contributed by atoms with E-state index in [1.807, 2.05) is 0 Å². The first-order valence-electron chi connectivity index (χ1n) is 7.94. The second-order valence-corrected chi connectivity index (χ2v) is 5.64. The van der Waals surface area contributed by atoms with Crippen molar-refractivity contribution in [2.75, 3.05) is 17.7 Å². The number of amides is 2. The molecule has 2 amide bonds. The van der Waals surface area contributed by atoms with Crippen LogP contribution >= 0.6 is 0 Å². The Morgan fingerprint density at radius 1 is 0.923 bits per heavy atom. The number of methoxy groups -OCH3 is 1. The first kappa shape index (κ1) is 18.9. The van der Waals surface area contributed by atoms with Crippen LogP contribution in [0.2, 0.25) is 0 Å². The molecule has 2 rings (SSSR count). The first-order chi connectivity index (χ1) is 12.4. The highest BCUT2D eigenvalue weighted by Crippen LogP contribution is 2.17. The van der Waals surface area contributed by atoms with Gasteiger partial charge in [0.1, 0.15) is 5.75 Å². The van der Waals surface area contributed by atoms with Gasteiger partial charge in [-0.15, -0.1) is 0 Å². The molecule has 2 aromatic rings.